The quantitative estimate of drug-likeness (QED) is 0.416. The molecule has 0 aliphatic carbocycles. The van der Waals surface area contributed by atoms with Gasteiger partial charge in [0.25, 0.3) is 0 Å². The molecule has 0 bridgehead atoms. The van der Waals surface area contributed by atoms with Crippen molar-refractivity contribution in [2.75, 3.05) is 11.1 Å². The number of benzene rings is 1. The Balaban J connectivity index is 1.36. The molecule has 3 heterocycles. The molecule has 5 nitrogen and oxygen atoms in total. The Hall–Kier alpha value is -2.42. The molecule has 1 aromatic carbocycles. The SMILES string of the molecule is O=C(CSc1ccccn1)Nc1ccc2nc(SCc3cccnc3)sc2c1. The van der Waals surface area contributed by atoms with Crippen LogP contribution < -0.4 is 5.32 Å². The standard InChI is InChI=1S/C20H16N4OS3/c25-18(13-26-19-5-1-2-9-22-19)23-15-6-7-16-17(10-15)28-20(24-16)27-12-14-4-3-8-21-11-14/h1-11H,12-13H2,(H,23,25). The summed E-state index contributed by atoms with van der Waals surface area (Å²) >= 11 is 4.75. The van der Waals surface area contributed by atoms with E-state index in [1.165, 1.54) is 17.3 Å². The van der Waals surface area contributed by atoms with E-state index < -0.39 is 0 Å². The van der Waals surface area contributed by atoms with Crippen LogP contribution in [0.4, 0.5) is 5.69 Å². The van der Waals surface area contributed by atoms with Gasteiger partial charge in [-0.3, -0.25) is 9.78 Å². The number of anilines is 1. The van der Waals surface area contributed by atoms with Crippen molar-refractivity contribution in [2.24, 2.45) is 0 Å². The van der Waals surface area contributed by atoms with E-state index in [0.29, 0.717) is 5.75 Å². The van der Waals surface area contributed by atoms with Crippen molar-refractivity contribution in [3.63, 3.8) is 0 Å². The van der Waals surface area contributed by atoms with E-state index in [0.717, 1.165) is 31.0 Å². The lowest BCUT2D eigenvalue weighted by Gasteiger charge is -2.04. The zero-order chi connectivity index (χ0) is 19.2. The Morgan fingerprint density at radius 3 is 2.86 bits per heavy atom. The number of hydrogen-bond donors (Lipinski definition) is 1. The first kappa shape index (κ1) is 18.9. The second kappa shape index (κ2) is 9.18. The van der Waals surface area contributed by atoms with Crippen molar-refractivity contribution in [2.45, 2.75) is 15.1 Å². The first-order valence-corrected chi connectivity index (χ1v) is 11.3. The lowest BCUT2D eigenvalue weighted by molar-refractivity contribution is -0.113. The summed E-state index contributed by atoms with van der Waals surface area (Å²) < 4.78 is 2.07. The summed E-state index contributed by atoms with van der Waals surface area (Å²) in [6.45, 7) is 0. The molecule has 0 radical (unpaired) electrons. The molecular formula is C20H16N4OS3. The van der Waals surface area contributed by atoms with Crippen molar-refractivity contribution in [1.29, 1.82) is 0 Å². The lowest BCUT2D eigenvalue weighted by atomic mass is 10.3. The third kappa shape index (κ3) is 5.09. The average Bonchev–Trinajstić information content (AvgIpc) is 3.14. The number of hydrogen-bond acceptors (Lipinski definition) is 7. The monoisotopic (exact) mass is 424 g/mol. The van der Waals surface area contributed by atoms with E-state index in [9.17, 15) is 4.79 Å². The van der Waals surface area contributed by atoms with Crippen LogP contribution in [0.2, 0.25) is 0 Å². The molecule has 0 saturated heterocycles. The fraction of sp³-hybridized carbons (Fsp3) is 0.100. The van der Waals surface area contributed by atoms with Crippen LogP contribution in [0.25, 0.3) is 10.2 Å². The second-order valence-electron chi connectivity index (χ2n) is 5.82. The first-order valence-electron chi connectivity index (χ1n) is 8.52. The number of aromatic nitrogens is 3. The molecule has 140 valence electrons. The third-order valence-corrected chi connectivity index (χ3v) is 6.90. The molecule has 0 atom stereocenters. The van der Waals surface area contributed by atoms with Gasteiger partial charge in [0.05, 0.1) is 21.0 Å². The van der Waals surface area contributed by atoms with Gasteiger partial charge in [0.15, 0.2) is 4.34 Å². The second-order valence-corrected chi connectivity index (χ2v) is 9.07. The van der Waals surface area contributed by atoms with Gasteiger partial charge in [-0.25, -0.2) is 9.97 Å². The van der Waals surface area contributed by atoms with Crippen LogP contribution in [0.1, 0.15) is 5.56 Å². The van der Waals surface area contributed by atoms with Gasteiger partial charge in [-0.2, -0.15) is 0 Å². The molecule has 1 N–H and O–H groups in total. The molecule has 8 heteroatoms. The number of thiazole rings is 1. The van der Waals surface area contributed by atoms with E-state index in [1.54, 1.807) is 35.5 Å². The van der Waals surface area contributed by atoms with E-state index in [1.807, 2.05) is 48.7 Å². The number of carbonyl (C=O) groups is 1. The van der Waals surface area contributed by atoms with Gasteiger partial charge in [-0.05, 0) is 42.0 Å². The highest BCUT2D eigenvalue weighted by Gasteiger charge is 2.08. The third-order valence-electron chi connectivity index (χ3n) is 3.73. The number of thioether (sulfide) groups is 2. The first-order chi connectivity index (χ1) is 13.8. The summed E-state index contributed by atoms with van der Waals surface area (Å²) in [6.07, 6.45) is 5.37. The molecule has 0 aliphatic rings. The van der Waals surface area contributed by atoms with Crippen molar-refractivity contribution in [3.05, 3.63) is 72.7 Å². The maximum Gasteiger partial charge on any atom is 0.234 e. The van der Waals surface area contributed by atoms with Crippen LogP contribution in [0.5, 0.6) is 0 Å². The van der Waals surface area contributed by atoms with Crippen LogP contribution in [-0.2, 0) is 10.5 Å². The number of nitrogens with zero attached hydrogens (tertiary/aromatic N) is 3. The van der Waals surface area contributed by atoms with Crippen molar-refractivity contribution in [1.82, 2.24) is 15.0 Å². The van der Waals surface area contributed by atoms with Gasteiger partial charge < -0.3 is 5.32 Å². The predicted molar refractivity (Wildman–Crippen MR) is 117 cm³/mol. The van der Waals surface area contributed by atoms with Gasteiger partial charge in [0.1, 0.15) is 0 Å². The van der Waals surface area contributed by atoms with Crippen LogP contribution in [0.15, 0.2) is 76.5 Å². The summed E-state index contributed by atoms with van der Waals surface area (Å²) in [7, 11) is 0. The normalized spacial score (nSPS) is 10.9. The van der Waals surface area contributed by atoms with Gasteiger partial charge in [-0.1, -0.05) is 35.7 Å². The molecule has 0 spiro atoms. The van der Waals surface area contributed by atoms with E-state index in [-0.39, 0.29) is 5.91 Å². The Bertz CT molecular complexity index is 1070. The molecule has 4 aromatic rings. The molecule has 0 unspecified atom stereocenters. The fourth-order valence-corrected chi connectivity index (χ4v) is 5.14. The minimum atomic E-state index is -0.0503. The van der Waals surface area contributed by atoms with E-state index >= 15 is 0 Å². The van der Waals surface area contributed by atoms with Crippen LogP contribution in [-0.4, -0.2) is 26.6 Å². The van der Waals surface area contributed by atoms with Crippen LogP contribution in [0, 0.1) is 0 Å². The minimum absolute atomic E-state index is 0.0503. The van der Waals surface area contributed by atoms with Crippen molar-refractivity contribution in [3.8, 4) is 0 Å². The summed E-state index contributed by atoms with van der Waals surface area (Å²) in [6, 6.07) is 15.5. The summed E-state index contributed by atoms with van der Waals surface area (Å²) in [5, 5.41) is 3.79. The molecule has 3 aromatic heterocycles. The average molecular weight is 425 g/mol. The maximum absolute atomic E-state index is 12.2. The summed E-state index contributed by atoms with van der Waals surface area (Å²) in [5.41, 5.74) is 2.90. The summed E-state index contributed by atoms with van der Waals surface area (Å²) in [4.78, 5) is 25.2. The fourth-order valence-electron chi connectivity index (χ4n) is 2.44. The van der Waals surface area contributed by atoms with Gasteiger partial charge >= 0.3 is 0 Å². The molecule has 28 heavy (non-hydrogen) atoms. The number of rotatable bonds is 7. The molecular weight excluding hydrogens is 408 g/mol. The molecule has 4 rings (SSSR count). The minimum Gasteiger partial charge on any atom is -0.325 e. The smallest absolute Gasteiger partial charge is 0.234 e. The number of nitrogens with one attached hydrogen (secondary N) is 1. The Kier molecular flexibility index (Phi) is 6.20. The number of carbonyl (C=O) groups excluding carboxylic acids is 1. The molecule has 0 fully saturated rings. The highest BCUT2D eigenvalue weighted by molar-refractivity contribution is 8.00. The number of amides is 1. The van der Waals surface area contributed by atoms with Gasteiger partial charge in [0, 0.05) is 30.0 Å². The van der Waals surface area contributed by atoms with Gasteiger partial charge in [-0.15, -0.1) is 11.3 Å². The van der Waals surface area contributed by atoms with Crippen LogP contribution >= 0.6 is 34.9 Å². The van der Waals surface area contributed by atoms with Crippen molar-refractivity contribution < 1.29 is 4.79 Å². The highest BCUT2D eigenvalue weighted by atomic mass is 32.2. The number of pyridine rings is 2. The molecule has 1 amide bonds. The zero-order valence-electron chi connectivity index (χ0n) is 14.7. The largest absolute Gasteiger partial charge is 0.325 e. The lowest BCUT2D eigenvalue weighted by Crippen LogP contribution is -2.13. The highest BCUT2D eigenvalue weighted by Crippen LogP contribution is 2.32. The topological polar surface area (TPSA) is 67.8 Å². The van der Waals surface area contributed by atoms with Crippen molar-refractivity contribution >= 4 is 56.7 Å². The Labute approximate surface area is 175 Å². The van der Waals surface area contributed by atoms with E-state index in [4.69, 9.17) is 0 Å². The van der Waals surface area contributed by atoms with Crippen LogP contribution in [0.3, 0.4) is 0 Å². The Morgan fingerprint density at radius 2 is 2.04 bits per heavy atom. The Morgan fingerprint density at radius 1 is 1.07 bits per heavy atom. The van der Waals surface area contributed by atoms with E-state index in [2.05, 4.69) is 26.3 Å². The summed E-state index contributed by atoms with van der Waals surface area (Å²) in [5.74, 6) is 1.11. The zero-order valence-corrected chi connectivity index (χ0v) is 17.2. The van der Waals surface area contributed by atoms with Gasteiger partial charge in [0.2, 0.25) is 5.91 Å². The molecule has 0 aliphatic heterocycles. The number of fused-ring (bicyclic) bond motifs is 1. The predicted octanol–water partition coefficient (Wildman–Crippen LogP) is 5.11. The maximum atomic E-state index is 12.2. The molecule has 0 saturated carbocycles.